The molecular formula is C13H24INO4. The van der Waals surface area contributed by atoms with Gasteiger partial charge in [0.05, 0.1) is 19.1 Å². The van der Waals surface area contributed by atoms with Gasteiger partial charge in [0.15, 0.2) is 15.3 Å². The quantitative estimate of drug-likeness (QED) is 0.291. The molecule has 0 saturated heterocycles. The maximum atomic E-state index is 12.0. The molecule has 1 atom stereocenters. The number of carbonyl (C=O) groups excluding carboxylic acids is 1. The van der Waals surface area contributed by atoms with E-state index in [1.807, 2.05) is 13.8 Å². The van der Waals surface area contributed by atoms with Crippen LogP contribution in [0.2, 0.25) is 0 Å². The van der Waals surface area contributed by atoms with E-state index in [9.17, 15) is 4.79 Å². The first-order chi connectivity index (χ1) is 8.44. The Balaban J connectivity index is 4.27. The summed E-state index contributed by atoms with van der Waals surface area (Å²) in [6, 6.07) is 0. The molecule has 0 radical (unpaired) electrons. The number of rotatable bonds is 8. The summed E-state index contributed by atoms with van der Waals surface area (Å²) in [7, 11) is 0. The Kier molecular flexibility index (Phi) is 7.46. The fourth-order valence-electron chi connectivity index (χ4n) is 1.25. The number of carbonyl (C=O) groups is 1. The first kappa shape index (κ1) is 18.8. The van der Waals surface area contributed by atoms with E-state index in [0.717, 1.165) is 0 Å². The van der Waals surface area contributed by atoms with E-state index < -0.39 is 15.3 Å². The molecule has 0 saturated carbocycles. The summed E-state index contributed by atoms with van der Waals surface area (Å²) in [5.41, 5.74) is -0.972. The molecule has 0 aliphatic heterocycles. The summed E-state index contributed by atoms with van der Waals surface area (Å²) in [6.45, 7) is 8.94. The van der Waals surface area contributed by atoms with Crippen LogP contribution in [0.3, 0.4) is 0 Å². The third kappa shape index (κ3) is 9.34. The second kappa shape index (κ2) is 7.54. The SMILES string of the molecule is CC(O)CCOC(C)(C)C(=O)CC(=N)OC(C)(C)I. The summed E-state index contributed by atoms with van der Waals surface area (Å²) < 4.78 is 10.3. The van der Waals surface area contributed by atoms with Crippen molar-refractivity contribution in [1.29, 1.82) is 5.41 Å². The van der Waals surface area contributed by atoms with Crippen LogP contribution in [0.5, 0.6) is 0 Å². The molecule has 0 bridgehead atoms. The molecule has 0 spiro atoms. The zero-order valence-electron chi connectivity index (χ0n) is 12.2. The molecule has 2 N–H and O–H groups in total. The highest BCUT2D eigenvalue weighted by Gasteiger charge is 2.30. The Hall–Kier alpha value is -0.210. The highest BCUT2D eigenvalue weighted by molar-refractivity contribution is 14.1. The van der Waals surface area contributed by atoms with E-state index in [1.54, 1.807) is 20.8 Å². The Morgan fingerprint density at radius 3 is 2.32 bits per heavy atom. The number of alkyl halides is 1. The molecule has 6 heteroatoms. The molecule has 0 aromatic rings. The smallest absolute Gasteiger partial charge is 0.189 e. The lowest BCUT2D eigenvalue weighted by atomic mass is 10.0. The summed E-state index contributed by atoms with van der Waals surface area (Å²) in [4.78, 5) is 12.0. The number of hydrogen-bond donors (Lipinski definition) is 2. The van der Waals surface area contributed by atoms with Gasteiger partial charge in [0.1, 0.15) is 5.60 Å². The van der Waals surface area contributed by atoms with E-state index in [0.29, 0.717) is 13.0 Å². The van der Waals surface area contributed by atoms with Gasteiger partial charge in [-0.1, -0.05) is 0 Å². The number of nitrogens with one attached hydrogen (secondary N) is 1. The van der Waals surface area contributed by atoms with Gasteiger partial charge in [-0.2, -0.15) is 0 Å². The van der Waals surface area contributed by atoms with Gasteiger partial charge in [0.2, 0.25) is 0 Å². The average molecular weight is 385 g/mol. The van der Waals surface area contributed by atoms with Gasteiger partial charge in [-0.3, -0.25) is 10.2 Å². The van der Waals surface area contributed by atoms with Gasteiger partial charge in [0.25, 0.3) is 0 Å². The molecule has 0 aromatic heterocycles. The topological polar surface area (TPSA) is 79.6 Å². The van der Waals surface area contributed by atoms with Gasteiger partial charge in [-0.25, -0.2) is 0 Å². The molecule has 0 aromatic carbocycles. The van der Waals surface area contributed by atoms with Crippen molar-refractivity contribution < 1.29 is 19.4 Å². The molecule has 0 heterocycles. The van der Waals surface area contributed by atoms with Crippen LogP contribution in [0.15, 0.2) is 0 Å². The highest BCUT2D eigenvalue weighted by Crippen LogP contribution is 2.21. The second-order valence-electron chi connectivity index (χ2n) is 5.49. The van der Waals surface area contributed by atoms with Crippen LogP contribution in [0.1, 0.15) is 47.5 Å². The summed E-state index contributed by atoms with van der Waals surface area (Å²) in [6.07, 6.45) is -0.0631. The predicted octanol–water partition coefficient (Wildman–Crippen LogP) is 2.68. The zero-order valence-corrected chi connectivity index (χ0v) is 14.4. The Labute approximate surface area is 128 Å². The number of aliphatic hydroxyl groups is 1. The van der Waals surface area contributed by atoms with Gasteiger partial charge < -0.3 is 14.6 Å². The largest absolute Gasteiger partial charge is 0.465 e. The molecular weight excluding hydrogens is 361 g/mol. The van der Waals surface area contributed by atoms with Crippen molar-refractivity contribution in [3.05, 3.63) is 0 Å². The second-order valence-corrected chi connectivity index (χ2v) is 8.08. The first-order valence-corrected chi connectivity index (χ1v) is 7.32. The lowest BCUT2D eigenvalue weighted by Gasteiger charge is -2.25. The number of halogens is 1. The van der Waals surface area contributed by atoms with Crippen LogP contribution in [0.25, 0.3) is 0 Å². The number of hydrogen-bond acceptors (Lipinski definition) is 5. The van der Waals surface area contributed by atoms with Crippen molar-refractivity contribution in [2.45, 2.75) is 62.8 Å². The van der Waals surface area contributed by atoms with Gasteiger partial charge in [-0.15, -0.1) is 0 Å². The third-order valence-electron chi connectivity index (χ3n) is 2.36. The Morgan fingerprint density at radius 2 is 1.89 bits per heavy atom. The molecule has 0 rings (SSSR count). The molecule has 112 valence electrons. The number of ketones is 1. The molecule has 0 fully saturated rings. The first-order valence-electron chi connectivity index (χ1n) is 6.25. The van der Waals surface area contributed by atoms with E-state index in [1.165, 1.54) is 0 Å². The van der Waals surface area contributed by atoms with Crippen molar-refractivity contribution in [3.8, 4) is 0 Å². The van der Waals surface area contributed by atoms with Crippen molar-refractivity contribution in [1.82, 2.24) is 0 Å². The highest BCUT2D eigenvalue weighted by atomic mass is 127. The number of Topliss-reactive ketones (excluding diaryl/α,β-unsaturated/α-hetero) is 1. The van der Waals surface area contributed by atoms with Gasteiger partial charge in [0, 0.05) is 0 Å². The Morgan fingerprint density at radius 1 is 1.37 bits per heavy atom. The lowest BCUT2D eigenvalue weighted by molar-refractivity contribution is -0.140. The molecule has 0 aliphatic rings. The minimum absolute atomic E-state index is 0.0587. The van der Waals surface area contributed by atoms with Crippen LogP contribution in [-0.4, -0.2) is 38.7 Å². The minimum atomic E-state index is -0.972. The van der Waals surface area contributed by atoms with Crippen LogP contribution < -0.4 is 0 Å². The monoisotopic (exact) mass is 385 g/mol. The fraction of sp³-hybridized carbons (Fsp3) is 0.846. The van der Waals surface area contributed by atoms with Crippen molar-refractivity contribution >= 4 is 34.3 Å². The number of aliphatic hydroxyl groups excluding tert-OH is 1. The van der Waals surface area contributed by atoms with Crippen molar-refractivity contribution in [3.63, 3.8) is 0 Å². The molecule has 1 unspecified atom stereocenters. The lowest BCUT2D eigenvalue weighted by Crippen LogP contribution is -2.38. The fourth-order valence-corrected chi connectivity index (χ4v) is 1.52. The van der Waals surface area contributed by atoms with Crippen molar-refractivity contribution in [2.24, 2.45) is 0 Å². The molecule has 0 aliphatic carbocycles. The maximum Gasteiger partial charge on any atom is 0.189 e. The Bertz CT molecular complexity index is 321. The van der Waals surface area contributed by atoms with E-state index in [2.05, 4.69) is 22.6 Å². The van der Waals surface area contributed by atoms with Crippen LogP contribution in [0.4, 0.5) is 0 Å². The van der Waals surface area contributed by atoms with Crippen LogP contribution in [0, 0.1) is 5.41 Å². The normalized spacial score (nSPS) is 14.1. The summed E-state index contributed by atoms with van der Waals surface area (Å²) in [5, 5.41) is 16.8. The van der Waals surface area contributed by atoms with Crippen molar-refractivity contribution in [2.75, 3.05) is 6.61 Å². The standard InChI is InChI=1S/C13H24INO4/c1-9(16)6-7-18-12(2,3)10(17)8-11(15)19-13(4,5)14/h9,15-16H,6-8H2,1-5H3. The van der Waals surface area contributed by atoms with E-state index in [-0.39, 0.29) is 18.1 Å². The minimum Gasteiger partial charge on any atom is -0.465 e. The van der Waals surface area contributed by atoms with Gasteiger partial charge in [-0.05, 0) is 63.6 Å². The molecule has 5 nitrogen and oxygen atoms in total. The summed E-state index contributed by atoms with van der Waals surface area (Å²) >= 11 is 2.06. The van der Waals surface area contributed by atoms with Gasteiger partial charge >= 0.3 is 0 Å². The van der Waals surface area contributed by atoms with Crippen LogP contribution >= 0.6 is 22.6 Å². The predicted molar refractivity (Wildman–Crippen MR) is 82.9 cm³/mol. The molecule has 0 amide bonds. The zero-order chi connectivity index (χ0) is 15.3. The van der Waals surface area contributed by atoms with E-state index >= 15 is 0 Å². The average Bonchev–Trinajstić information content (AvgIpc) is 2.12. The number of ether oxygens (including phenoxy) is 2. The van der Waals surface area contributed by atoms with E-state index in [4.69, 9.17) is 20.0 Å². The molecule has 19 heavy (non-hydrogen) atoms. The maximum absolute atomic E-state index is 12.0. The third-order valence-corrected chi connectivity index (χ3v) is 2.58. The van der Waals surface area contributed by atoms with Crippen LogP contribution in [-0.2, 0) is 14.3 Å². The summed E-state index contributed by atoms with van der Waals surface area (Å²) in [5.74, 6) is -0.264.